The summed E-state index contributed by atoms with van der Waals surface area (Å²) in [6.07, 6.45) is 0.718. The minimum atomic E-state index is -0.685. The summed E-state index contributed by atoms with van der Waals surface area (Å²) in [6, 6.07) is 17.0. The van der Waals surface area contributed by atoms with E-state index in [0.717, 1.165) is 12.0 Å². The van der Waals surface area contributed by atoms with Crippen LogP contribution in [0, 0.1) is 5.92 Å². The summed E-state index contributed by atoms with van der Waals surface area (Å²) < 4.78 is 10.4. The number of carbonyl (C=O) groups is 2. The first-order valence-electron chi connectivity index (χ1n) is 8.63. The van der Waals surface area contributed by atoms with Crippen LogP contribution in [0.2, 0.25) is 0 Å². The Morgan fingerprint density at radius 2 is 1.65 bits per heavy atom. The largest absolute Gasteiger partial charge is 0.483 e. The smallest absolute Gasteiger partial charge is 0.328 e. The number of esters is 1. The highest BCUT2D eigenvalue weighted by Crippen LogP contribution is 2.21. The van der Waals surface area contributed by atoms with E-state index in [1.807, 2.05) is 68.4 Å². The number of benzene rings is 2. The quantitative estimate of drug-likeness (QED) is 0.740. The van der Waals surface area contributed by atoms with Crippen molar-refractivity contribution in [3.05, 3.63) is 65.7 Å². The number of para-hydroxylation sites is 1. The number of nitrogens with one attached hydrogen (secondary N) is 1. The fraction of sp³-hybridized carbons (Fsp3) is 0.333. The van der Waals surface area contributed by atoms with Gasteiger partial charge in [-0.25, -0.2) is 4.79 Å². The van der Waals surface area contributed by atoms with E-state index in [0.29, 0.717) is 5.75 Å². The molecule has 26 heavy (non-hydrogen) atoms. The highest BCUT2D eigenvalue weighted by molar-refractivity contribution is 5.85. The first kappa shape index (κ1) is 19.5. The molecule has 0 aliphatic rings. The Morgan fingerprint density at radius 1 is 1.00 bits per heavy atom. The Kier molecular flexibility index (Phi) is 7.21. The van der Waals surface area contributed by atoms with Gasteiger partial charge in [0.25, 0.3) is 5.91 Å². The van der Waals surface area contributed by atoms with Gasteiger partial charge in [0.15, 0.2) is 6.61 Å². The third-order valence-electron chi connectivity index (χ3n) is 4.01. The SMILES string of the molecule is COC(=O)[C@@H](NC(=O)COc1ccccc1Cc1ccccc1)C(C)C. The topological polar surface area (TPSA) is 64.6 Å². The van der Waals surface area contributed by atoms with E-state index < -0.39 is 12.0 Å². The molecule has 0 saturated carbocycles. The van der Waals surface area contributed by atoms with Crippen LogP contribution >= 0.6 is 0 Å². The molecule has 0 saturated heterocycles. The van der Waals surface area contributed by atoms with Gasteiger partial charge >= 0.3 is 5.97 Å². The Balaban J connectivity index is 1.99. The number of hydrogen-bond donors (Lipinski definition) is 1. The zero-order valence-corrected chi connectivity index (χ0v) is 15.4. The second-order valence-corrected chi connectivity index (χ2v) is 6.37. The fourth-order valence-corrected chi connectivity index (χ4v) is 2.59. The third-order valence-corrected chi connectivity index (χ3v) is 4.01. The van der Waals surface area contributed by atoms with Crippen molar-refractivity contribution in [2.75, 3.05) is 13.7 Å². The average molecular weight is 355 g/mol. The molecule has 1 N–H and O–H groups in total. The molecule has 0 aliphatic heterocycles. The van der Waals surface area contributed by atoms with Crippen molar-refractivity contribution in [1.82, 2.24) is 5.32 Å². The molecule has 0 radical (unpaired) electrons. The van der Waals surface area contributed by atoms with Gasteiger partial charge < -0.3 is 14.8 Å². The first-order valence-corrected chi connectivity index (χ1v) is 8.63. The standard InChI is InChI=1S/C21H25NO4/c1-15(2)20(21(24)25-3)22-19(23)14-26-18-12-8-7-11-17(18)13-16-9-5-4-6-10-16/h4-12,15,20H,13-14H2,1-3H3,(H,22,23)/t20-/m0/s1. The lowest BCUT2D eigenvalue weighted by Gasteiger charge is -2.20. The summed E-state index contributed by atoms with van der Waals surface area (Å²) in [7, 11) is 1.31. The molecule has 1 amide bonds. The van der Waals surface area contributed by atoms with Gasteiger partial charge in [0.1, 0.15) is 11.8 Å². The van der Waals surface area contributed by atoms with Gasteiger partial charge in [-0.15, -0.1) is 0 Å². The number of ether oxygens (including phenoxy) is 2. The van der Waals surface area contributed by atoms with Crippen LogP contribution in [0.1, 0.15) is 25.0 Å². The van der Waals surface area contributed by atoms with Crippen LogP contribution in [0.15, 0.2) is 54.6 Å². The fourth-order valence-electron chi connectivity index (χ4n) is 2.59. The molecule has 0 spiro atoms. The molecule has 0 fully saturated rings. The van der Waals surface area contributed by atoms with Crippen LogP contribution in [0.4, 0.5) is 0 Å². The van der Waals surface area contributed by atoms with E-state index in [9.17, 15) is 9.59 Å². The maximum absolute atomic E-state index is 12.2. The van der Waals surface area contributed by atoms with Crippen molar-refractivity contribution >= 4 is 11.9 Å². The van der Waals surface area contributed by atoms with Gasteiger partial charge in [-0.05, 0) is 23.1 Å². The van der Waals surface area contributed by atoms with Crippen LogP contribution in [-0.4, -0.2) is 31.6 Å². The zero-order chi connectivity index (χ0) is 18.9. The highest BCUT2D eigenvalue weighted by Gasteiger charge is 2.25. The lowest BCUT2D eigenvalue weighted by atomic mass is 10.0. The summed E-state index contributed by atoms with van der Waals surface area (Å²) in [5.74, 6) is -0.233. The van der Waals surface area contributed by atoms with Crippen LogP contribution < -0.4 is 10.1 Å². The van der Waals surface area contributed by atoms with Crippen molar-refractivity contribution in [2.24, 2.45) is 5.92 Å². The predicted molar refractivity (Wildman–Crippen MR) is 100.0 cm³/mol. The lowest BCUT2D eigenvalue weighted by molar-refractivity contribution is -0.146. The van der Waals surface area contributed by atoms with Gasteiger partial charge in [0, 0.05) is 6.42 Å². The van der Waals surface area contributed by atoms with Gasteiger partial charge in [0.2, 0.25) is 0 Å². The number of hydrogen-bond acceptors (Lipinski definition) is 4. The summed E-state index contributed by atoms with van der Waals surface area (Å²) in [6.45, 7) is 3.53. The van der Waals surface area contributed by atoms with E-state index in [-0.39, 0.29) is 18.4 Å². The number of amides is 1. The molecule has 2 aromatic rings. The second-order valence-electron chi connectivity index (χ2n) is 6.37. The maximum atomic E-state index is 12.2. The minimum Gasteiger partial charge on any atom is -0.483 e. The van der Waals surface area contributed by atoms with Crippen molar-refractivity contribution in [1.29, 1.82) is 0 Å². The van der Waals surface area contributed by atoms with E-state index in [4.69, 9.17) is 9.47 Å². The summed E-state index contributed by atoms with van der Waals surface area (Å²) in [5.41, 5.74) is 2.17. The zero-order valence-electron chi connectivity index (χ0n) is 15.4. The van der Waals surface area contributed by atoms with Crippen molar-refractivity contribution in [3.63, 3.8) is 0 Å². The molecule has 0 heterocycles. The lowest BCUT2D eigenvalue weighted by Crippen LogP contribution is -2.46. The minimum absolute atomic E-state index is 0.0724. The van der Waals surface area contributed by atoms with Crippen molar-refractivity contribution < 1.29 is 19.1 Å². The molecule has 2 rings (SSSR count). The molecule has 138 valence electrons. The molecule has 0 aliphatic carbocycles. The van der Waals surface area contributed by atoms with E-state index in [2.05, 4.69) is 5.32 Å². The van der Waals surface area contributed by atoms with Crippen LogP contribution in [0.25, 0.3) is 0 Å². The molecule has 0 unspecified atom stereocenters. The molecular formula is C21H25NO4. The Hall–Kier alpha value is -2.82. The summed E-state index contributed by atoms with van der Waals surface area (Å²) in [5, 5.41) is 2.67. The first-order chi connectivity index (χ1) is 12.5. The van der Waals surface area contributed by atoms with Crippen LogP contribution in [0.3, 0.4) is 0 Å². The maximum Gasteiger partial charge on any atom is 0.328 e. The Bertz CT molecular complexity index is 728. The average Bonchev–Trinajstić information content (AvgIpc) is 2.65. The van der Waals surface area contributed by atoms with E-state index in [1.54, 1.807) is 0 Å². The van der Waals surface area contributed by atoms with Gasteiger partial charge in [-0.1, -0.05) is 62.4 Å². The van der Waals surface area contributed by atoms with Crippen LogP contribution in [-0.2, 0) is 20.7 Å². The summed E-state index contributed by atoms with van der Waals surface area (Å²) in [4.78, 5) is 23.9. The molecule has 5 heteroatoms. The van der Waals surface area contributed by atoms with Crippen molar-refractivity contribution in [2.45, 2.75) is 26.3 Å². The van der Waals surface area contributed by atoms with Crippen LogP contribution in [0.5, 0.6) is 5.75 Å². The third kappa shape index (κ3) is 5.62. The Labute approximate surface area is 154 Å². The predicted octanol–water partition coefficient (Wildman–Crippen LogP) is 2.97. The Morgan fingerprint density at radius 3 is 2.31 bits per heavy atom. The normalized spacial score (nSPS) is 11.7. The molecule has 0 aromatic heterocycles. The van der Waals surface area contributed by atoms with Crippen molar-refractivity contribution in [3.8, 4) is 5.75 Å². The van der Waals surface area contributed by atoms with Gasteiger partial charge in [0.05, 0.1) is 7.11 Å². The summed E-state index contributed by atoms with van der Waals surface area (Å²) >= 11 is 0. The molecule has 5 nitrogen and oxygen atoms in total. The monoisotopic (exact) mass is 355 g/mol. The molecular weight excluding hydrogens is 330 g/mol. The van der Waals surface area contributed by atoms with E-state index in [1.165, 1.54) is 12.7 Å². The molecule has 2 aromatic carbocycles. The second kappa shape index (κ2) is 9.61. The van der Waals surface area contributed by atoms with Gasteiger partial charge in [-0.2, -0.15) is 0 Å². The van der Waals surface area contributed by atoms with E-state index >= 15 is 0 Å². The number of rotatable bonds is 8. The highest BCUT2D eigenvalue weighted by atomic mass is 16.5. The number of methoxy groups -OCH3 is 1. The molecule has 0 bridgehead atoms. The van der Waals surface area contributed by atoms with Gasteiger partial charge in [-0.3, -0.25) is 4.79 Å². The molecule has 1 atom stereocenters. The number of carbonyl (C=O) groups excluding carboxylic acids is 2.